The molecule has 0 saturated carbocycles. The summed E-state index contributed by atoms with van der Waals surface area (Å²) in [5.74, 6) is 0. The molecule has 1 atom stereocenters. The van der Waals surface area contributed by atoms with Gasteiger partial charge in [-0.1, -0.05) is 18.2 Å². The van der Waals surface area contributed by atoms with E-state index in [9.17, 15) is 0 Å². The third kappa shape index (κ3) is 1.23. The van der Waals surface area contributed by atoms with Crippen LogP contribution in [-0.4, -0.2) is 7.05 Å². The standard InChI is InChI=1S/C12H16N2/c1-8-5-4-6-10-11(13)7-9(2)14(3)12(8)10/h4-7,11H,13H2,1-3H3. The normalized spacial score (nSPS) is 20.4. The Balaban J connectivity index is 2.63. The van der Waals surface area contributed by atoms with Crippen molar-refractivity contribution in [2.75, 3.05) is 11.9 Å². The second kappa shape index (κ2) is 3.14. The molecule has 0 bridgehead atoms. The molecular weight excluding hydrogens is 172 g/mol. The molecule has 2 rings (SSSR count). The number of nitrogens with zero attached hydrogens (tertiary/aromatic N) is 1. The van der Waals surface area contributed by atoms with E-state index >= 15 is 0 Å². The Labute approximate surface area is 85.0 Å². The number of anilines is 1. The van der Waals surface area contributed by atoms with E-state index in [0.29, 0.717) is 0 Å². The van der Waals surface area contributed by atoms with E-state index < -0.39 is 0 Å². The van der Waals surface area contributed by atoms with Gasteiger partial charge in [0.05, 0.1) is 6.04 Å². The fraction of sp³-hybridized carbons (Fsp3) is 0.333. The first-order valence-electron chi connectivity index (χ1n) is 4.88. The highest BCUT2D eigenvalue weighted by Crippen LogP contribution is 2.35. The topological polar surface area (TPSA) is 29.3 Å². The summed E-state index contributed by atoms with van der Waals surface area (Å²) in [6.07, 6.45) is 2.10. The Bertz CT molecular complexity index is 393. The summed E-state index contributed by atoms with van der Waals surface area (Å²) in [6, 6.07) is 6.34. The molecule has 2 N–H and O–H groups in total. The summed E-state index contributed by atoms with van der Waals surface area (Å²) < 4.78 is 0. The van der Waals surface area contributed by atoms with Crippen molar-refractivity contribution in [2.45, 2.75) is 19.9 Å². The average Bonchev–Trinajstić information content (AvgIpc) is 2.14. The predicted octanol–water partition coefficient (Wildman–Crippen LogP) is 2.35. The molecule has 0 radical (unpaired) electrons. The van der Waals surface area contributed by atoms with Gasteiger partial charge in [0.25, 0.3) is 0 Å². The summed E-state index contributed by atoms with van der Waals surface area (Å²) in [4.78, 5) is 2.20. The largest absolute Gasteiger partial charge is 0.348 e. The zero-order chi connectivity index (χ0) is 10.3. The summed E-state index contributed by atoms with van der Waals surface area (Å²) in [5.41, 5.74) is 11.1. The van der Waals surface area contributed by atoms with Gasteiger partial charge in [-0.3, -0.25) is 0 Å². The van der Waals surface area contributed by atoms with Gasteiger partial charge in [0.2, 0.25) is 0 Å². The summed E-state index contributed by atoms with van der Waals surface area (Å²) >= 11 is 0. The number of fused-ring (bicyclic) bond motifs is 1. The molecule has 0 aliphatic carbocycles. The van der Waals surface area contributed by atoms with E-state index in [1.54, 1.807) is 0 Å². The van der Waals surface area contributed by atoms with Gasteiger partial charge in [-0.15, -0.1) is 0 Å². The molecule has 0 saturated heterocycles. The summed E-state index contributed by atoms with van der Waals surface area (Å²) in [6.45, 7) is 4.22. The van der Waals surface area contributed by atoms with E-state index in [2.05, 4.69) is 50.1 Å². The maximum atomic E-state index is 6.06. The van der Waals surface area contributed by atoms with Crippen molar-refractivity contribution < 1.29 is 0 Å². The highest BCUT2D eigenvalue weighted by Gasteiger charge is 2.20. The van der Waals surface area contributed by atoms with Gasteiger partial charge in [-0.05, 0) is 31.1 Å². The molecule has 1 heterocycles. The van der Waals surface area contributed by atoms with Crippen molar-refractivity contribution in [3.63, 3.8) is 0 Å². The zero-order valence-corrected chi connectivity index (χ0v) is 8.91. The van der Waals surface area contributed by atoms with E-state index in [1.165, 1.54) is 22.5 Å². The Hall–Kier alpha value is -1.28. The minimum Gasteiger partial charge on any atom is -0.348 e. The lowest BCUT2D eigenvalue weighted by molar-refractivity contribution is 0.845. The van der Waals surface area contributed by atoms with Gasteiger partial charge in [-0.2, -0.15) is 0 Å². The molecule has 74 valence electrons. The van der Waals surface area contributed by atoms with Crippen LogP contribution in [0.4, 0.5) is 5.69 Å². The Morgan fingerprint density at radius 1 is 1.29 bits per heavy atom. The molecule has 0 spiro atoms. The number of nitrogens with two attached hydrogens (primary N) is 1. The van der Waals surface area contributed by atoms with Gasteiger partial charge >= 0.3 is 0 Å². The van der Waals surface area contributed by atoms with Crippen molar-refractivity contribution in [3.05, 3.63) is 41.1 Å². The molecular formula is C12H16N2. The van der Waals surface area contributed by atoms with Crippen LogP contribution in [0, 0.1) is 6.92 Å². The van der Waals surface area contributed by atoms with Gasteiger partial charge in [0.15, 0.2) is 0 Å². The van der Waals surface area contributed by atoms with Crippen LogP contribution in [-0.2, 0) is 0 Å². The van der Waals surface area contributed by atoms with E-state index in [4.69, 9.17) is 5.73 Å². The van der Waals surface area contributed by atoms with Crippen molar-refractivity contribution in [2.24, 2.45) is 5.73 Å². The van der Waals surface area contributed by atoms with Crippen LogP contribution in [0.25, 0.3) is 0 Å². The highest BCUT2D eigenvalue weighted by atomic mass is 15.1. The molecule has 0 aromatic heterocycles. The maximum absolute atomic E-state index is 6.06. The van der Waals surface area contributed by atoms with E-state index in [0.717, 1.165) is 0 Å². The first-order valence-corrected chi connectivity index (χ1v) is 4.88. The number of benzene rings is 1. The molecule has 2 heteroatoms. The van der Waals surface area contributed by atoms with Gasteiger partial charge in [0, 0.05) is 18.4 Å². The SMILES string of the molecule is CC1=CC(N)c2cccc(C)c2N1C. The average molecular weight is 188 g/mol. The molecule has 1 aliphatic heterocycles. The van der Waals surface area contributed by atoms with E-state index in [-0.39, 0.29) is 6.04 Å². The fourth-order valence-corrected chi connectivity index (χ4v) is 2.05. The summed E-state index contributed by atoms with van der Waals surface area (Å²) in [5, 5.41) is 0. The third-order valence-corrected chi connectivity index (χ3v) is 2.91. The van der Waals surface area contributed by atoms with Gasteiger partial charge in [0.1, 0.15) is 0 Å². The second-order valence-corrected chi connectivity index (χ2v) is 3.91. The van der Waals surface area contributed by atoms with Crippen molar-refractivity contribution in [3.8, 4) is 0 Å². The third-order valence-electron chi connectivity index (χ3n) is 2.91. The minimum absolute atomic E-state index is 0.0427. The van der Waals surface area contributed by atoms with Gasteiger partial charge < -0.3 is 10.6 Å². The summed E-state index contributed by atoms with van der Waals surface area (Å²) in [7, 11) is 2.09. The zero-order valence-electron chi connectivity index (χ0n) is 8.91. The molecule has 0 fully saturated rings. The minimum atomic E-state index is 0.0427. The molecule has 2 nitrogen and oxygen atoms in total. The molecule has 1 unspecified atom stereocenters. The lowest BCUT2D eigenvalue weighted by Crippen LogP contribution is -2.25. The highest BCUT2D eigenvalue weighted by molar-refractivity contribution is 5.66. The van der Waals surface area contributed by atoms with Gasteiger partial charge in [-0.25, -0.2) is 0 Å². The Morgan fingerprint density at radius 2 is 2.00 bits per heavy atom. The second-order valence-electron chi connectivity index (χ2n) is 3.91. The number of allylic oxidation sites excluding steroid dienone is 1. The van der Waals surface area contributed by atoms with Crippen molar-refractivity contribution in [1.82, 2.24) is 0 Å². The molecule has 1 aromatic rings. The number of hydrogen-bond acceptors (Lipinski definition) is 2. The molecule has 14 heavy (non-hydrogen) atoms. The van der Waals surface area contributed by atoms with Crippen LogP contribution in [0.5, 0.6) is 0 Å². The Kier molecular flexibility index (Phi) is 2.08. The van der Waals surface area contributed by atoms with Crippen molar-refractivity contribution >= 4 is 5.69 Å². The van der Waals surface area contributed by atoms with Crippen LogP contribution in [0.2, 0.25) is 0 Å². The maximum Gasteiger partial charge on any atom is 0.0521 e. The molecule has 0 amide bonds. The number of para-hydroxylation sites is 1. The Morgan fingerprint density at radius 3 is 2.71 bits per heavy atom. The van der Waals surface area contributed by atoms with Crippen LogP contribution in [0.15, 0.2) is 30.0 Å². The lowest BCUT2D eigenvalue weighted by atomic mass is 9.96. The molecule has 1 aromatic carbocycles. The molecule has 1 aliphatic rings. The van der Waals surface area contributed by atoms with E-state index in [1.807, 2.05) is 0 Å². The van der Waals surface area contributed by atoms with Crippen LogP contribution in [0.3, 0.4) is 0 Å². The predicted molar refractivity (Wildman–Crippen MR) is 60.3 cm³/mol. The monoisotopic (exact) mass is 188 g/mol. The quantitative estimate of drug-likeness (QED) is 0.677. The number of rotatable bonds is 0. The fourth-order valence-electron chi connectivity index (χ4n) is 2.05. The smallest absolute Gasteiger partial charge is 0.0521 e. The first-order chi connectivity index (χ1) is 6.61. The van der Waals surface area contributed by atoms with Crippen LogP contribution < -0.4 is 10.6 Å². The number of aryl methyl sites for hydroxylation is 1. The van der Waals surface area contributed by atoms with Crippen molar-refractivity contribution in [1.29, 1.82) is 0 Å². The lowest BCUT2D eigenvalue weighted by Gasteiger charge is -2.31. The number of hydrogen-bond donors (Lipinski definition) is 1. The van der Waals surface area contributed by atoms with Crippen LogP contribution in [0.1, 0.15) is 24.1 Å². The first kappa shape index (κ1) is 9.28. The van der Waals surface area contributed by atoms with Crippen LogP contribution >= 0.6 is 0 Å².